The molecule has 0 aliphatic carbocycles. The fourth-order valence-electron chi connectivity index (χ4n) is 2.90. The maximum Gasteiger partial charge on any atom is 0.264 e. The van der Waals surface area contributed by atoms with Crippen LogP contribution in [-0.2, 0) is 4.79 Å². The van der Waals surface area contributed by atoms with Crippen molar-refractivity contribution in [2.45, 2.75) is 13.0 Å². The van der Waals surface area contributed by atoms with Crippen molar-refractivity contribution in [2.24, 2.45) is 0 Å². The van der Waals surface area contributed by atoms with E-state index in [1.54, 1.807) is 6.07 Å². The summed E-state index contributed by atoms with van der Waals surface area (Å²) < 4.78 is 13.2. The first-order valence-corrected chi connectivity index (χ1v) is 9.08. The van der Waals surface area contributed by atoms with E-state index in [9.17, 15) is 4.79 Å². The molecule has 0 saturated heterocycles. The summed E-state index contributed by atoms with van der Waals surface area (Å²) in [5.74, 6) is 3.20. The highest BCUT2D eigenvalue weighted by Crippen LogP contribution is 2.30. The molecule has 8 heteroatoms. The van der Waals surface area contributed by atoms with Gasteiger partial charge in [-0.15, -0.1) is 0 Å². The number of hydrogen-bond acceptors (Lipinski definition) is 6. The molecule has 3 aromatic rings. The number of nitrogens with one attached hydrogen (secondary N) is 2. The molecule has 28 heavy (non-hydrogen) atoms. The summed E-state index contributed by atoms with van der Waals surface area (Å²) in [4.78, 5) is 21.1. The number of fused-ring (bicyclic) bond motifs is 1. The Morgan fingerprint density at radius 2 is 1.93 bits per heavy atom. The van der Waals surface area contributed by atoms with Crippen LogP contribution in [0.1, 0.15) is 5.82 Å². The highest BCUT2D eigenvalue weighted by molar-refractivity contribution is 5.81. The van der Waals surface area contributed by atoms with Crippen LogP contribution < -0.4 is 20.1 Å². The Balaban J connectivity index is 1.28. The predicted octanol–water partition coefficient (Wildman–Crippen LogP) is 1.94. The fraction of sp³-hybridized carbons (Fsp3) is 0.250. The van der Waals surface area contributed by atoms with Gasteiger partial charge in [-0.25, -0.2) is 9.97 Å². The average molecular weight is 379 g/mol. The third-order valence-corrected chi connectivity index (χ3v) is 4.22. The van der Waals surface area contributed by atoms with Gasteiger partial charge in [-0.1, -0.05) is 12.1 Å². The van der Waals surface area contributed by atoms with Crippen LogP contribution in [0.4, 0.5) is 5.82 Å². The Hall–Kier alpha value is -3.55. The van der Waals surface area contributed by atoms with E-state index in [-0.39, 0.29) is 12.5 Å². The van der Waals surface area contributed by atoms with Crippen molar-refractivity contribution < 1.29 is 14.3 Å². The van der Waals surface area contributed by atoms with Crippen LogP contribution >= 0.6 is 0 Å². The number of hydrogen-bond donors (Lipinski definition) is 2. The Kier molecular flexibility index (Phi) is 5.09. The molecule has 1 aliphatic rings. The second kappa shape index (κ2) is 7.99. The van der Waals surface area contributed by atoms with Crippen molar-refractivity contribution in [1.82, 2.24) is 19.9 Å². The summed E-state index contributed by atoms with van der Waals surface area (Å²) in [7, 11) is 0. The monoisotopic (exact) mass is 379 g/mol. The highest BCUT2D eigenvalue weighted by atomic mass is 16.6. The molecule has 0 saturated carbocycles. The van der Waals surface area contributed by atoms with Gasteiger partial charge in [0.1, 0.15) is 24.1 Å². The minimum absolute atomic E-state index is 0.196. The topological polar surface area (TPSA) is 90.3 Å². The molecule has 144 valence electrons. The zero-order valence-electron chi connectivity index (χ0n) is 15.5. The van der Waals surface area contributed by atoms with Gasteiger partial charge in [-0.05, 0) is 31.2 Å². The summed E-state index contributed by atoms with van der Waals surface area (Å²) in [5.41, 5.74) is 0. The Morgan fingerprint density at radius 3 is 2.75 bits per heavy atom. The van der Waals surface area contributed by atoms with Gasteiger partial charge in [0.05, 0.1) is 0 Å². The van der Waals surface area contributed by atoms with Crippen LogP contribution in [-0.4, -0.2) is 46.2 Å². The van der Waals surface area contributed by atoms with Crippen molar-refractivity contribution in [3.05, 3.63) is 60.7 Å². The number of nitrogens with zero attached hydrogens (tertiary/aromatic N) is 3. The molecule has 1 amide bonds. The standard InChI is InChI=1S/C20H21N5O3/c1-14-23-18(12-19(24-14)25-10-4-5-11-25)21-8-9-22-20(26)17-13-27-15-6-2-3-7-16(15)28-17/h2-7,10-12,17H,8-9,13H2,1H3,(H,22,26)(H,21,23,24). The van der Waals surface area contributed by atoms with E-state index < -0.39 is 6.10 Å². The lowest BCUT2D eigenvalue weighted by atomic mass is 10.2. The number of aryl methyl sites for hydroxylation is 1. The van der Waals surface area contributed by atoms with Gasteiger partial charge in [0.25, 0.3) is 5.91 Å². The van der Waals surface area contributed by atoms with Crippen LogP contribution in [0.15, 0.2) is 54.9 Å². The largest absolute Gasteiger partial charge is 0.485 e. The molecule has 4 rings (SSSR count). The molecule has 1 aromatic carbocycles. The molecule has 0 fully saturated rings. The molecule has 0 bridgehead atoms. The number of benzene rings is 1. The van der Waals surface area contributed by atoms with Crippen LogP contribution in [0.3, 0.4) is 0 Å². The number of carbonyl (C=O) groups is 1. The predicted molar refractivity (Wildman–Crippen MR) is 104 cm³/mol. The second-order valence-corrected chi connectivity index (χ2v) is 6.33. The molecule has 1 aliphatic heterocycles. The van der Waals surface area contributed by atoms with Gasteiger partial charge < -0.3 is 24.7 Å². The number of carbonyl (C=O) groups excluding carboxylic acids is 1. The third-order valence-electron chi connectivity index (χ3n) is 4.22. The van der Waals surface area contributed by atoms with Crippen LogP contribution in [0.25, 0.3) is 5.82 Å². The summed E-state index contributed by atoms with van der Waals surface area (Å²) >= 11 is 0. The van der Waals surface area contributed by atoms with Gasteiger partial charge in [0.15, 0.2) is 11.5 Å². The molecule has 0 radical (unpaired) electrons. The van der Waals surface area contributed by atoms with Crippen LogP contribution in [0.2, 0.25) is 0 Å². The van der Waals surface area contributed by atoms with Gasteiger partial charge in [-0.2, -0.15) is 0 Å². The molecule has 8 nitrogen and oxygen atoms in total. The van der Waals surface area contributed by atoms with E-state index in [0.717, 1.165) is 5.82 Å². The lowest BCUT2D eigenvalue weighted by Crippen LogP contribution is -2.45. The molecular weight excluding hydrogens is 358 g/mol. The zero-order chi connectivity index (χ0) is 19.3. The lowest BCUT2D eigenvalue weighted by molar-refractivity contribution is -0.130. The normalized spacial score (nSPS) is 15.1. The number of para-hydroxylation sites is 2. The van der Waals surface area contributed by atoms with E-state index in [1.807, 2.05) is 60.3 Å². The number of amides is 1. The minimum atomic E-state index is -0.656. The number of rotatable bonds is 6. The Labute approximate surface area is 162 Å². The summed E-state index contributed by atoms with van der Waals surface area (Å²) in [5, 5.41) is 6.07. The summed E-state index contributed by atoms with van der Waals surface area (Å²) in [6, 6.07) is 13.1. The second-order valence-electron chi connectivity index (χ2n) is 6.33. The lowest BCUT2D eigenvalue weighted by Gasteiger charge is -2.25. The number of aromatic nitrogens is 3. The van der Waals surface area contributed by atoms with E-state index in [4.69, 9.17) is 9.47 Å². The van der Waals surface area contributed by atoms with Crippen molar-refractivity contribution in [3.8, 4) is 17.3 Å². The van der Waals surface area contributed by atoms with Crippen molar-refractivity contribution in [3.63, 3.8) is 0 Å². The zero-order valence-corrected chi connectivity index (χ0v) is 15.5. The SMILES string of the molecule is Cc1nc(NCCNC(=O)C2COc3ccccc3O2)cc(-n2cccc2)n1. The van der Waals surface area contributed by atoms with E-state index >= 15 is 0 Å². The number of ether oxygens (including phenoxy) is 2. The first-order valence-electron chi connectivity index (χ1n) is 9.08. The molecule has 2 N–H and O–H groups in total. The Morgan fingerprint density at radius 1 is 1.14 bits per heavy atom. The van der Waals surface area contributed by atoms with Crippen molar-refractivity contribution in [1.29, 1.82) is 0 Å². The molecule has 2 aromatic heterocycles. The maximum atomic E-state index is 12.3. The molecule has 1 atom stereocenters. The van der Waals surface area contributed by atoms with E-state index in [2.05, 4.69) is 20.6 Å². The summed E-state index contributed by atoms with van der Waals surface area (Å²) in [6.45, 7) is 3.00. The molecule has 1 unspecified atom stereocenters. The average Bonchev–Trinajstić information content (AvgIpc) is 3.25. The highest BCUT2D eigenvalue weighted by Gasteiger charge is 2.26. The quantitative estimate of drug-likeness (QED) is 0.636. The molecule has 0 spiro atoms. The van der Waals surface area contributed by atoms with Crippen molar-refractivity contribution >= 4 is 11.7 Å². The Bertz CT molecular complexity index is 958. The van der Waals surface area contributed by atoms with Gasteiger partial charge in [0, 0.05) is 31.5 Å². The van der Waals surface area contributed by atoms with Crippen molar-refractivity contribution in [2.75, 3.05) is 25.0 Å². The van der Waals surface area contributed by atoms with Crippen LogP contribution in [0, 0.1) is 6.92 Å². The molecule has 3 heterocycles. The first-order chi connectivity index (χ1) is 13.7. The first kappa shape index (κ1) is 17.8. The maximum absolute atomic E-state index is 12.3. The fourth-order valence-corrected chi connectivity index (χ4v) is 2.90. The van der Waals surface area contributed by atoms with E-state index in [0.29, 0.717) is 36.2 Å². The minimum Gasteiger partial charge on any atom is -0.485 e. The smallest absolute Gasteiger partial charge is 0.264 e. The van der Waals surface area contributed by atoms with Gasteiger partial charge in [-0.3, -0.25) is 4.79 Å². The molecular formula is C20H21N5O3. The third kappa shape index (κ3) is 4.06. The van der Waals surface area contributed by atoms with E-state index in [1.165, 1.54) is 0 Å². The van der Waals surface area contributed by atoms with Gasteiger partial charge in [0.2, 0.25) is 6.10 Å². The van der Waals surface area contributed by atoms with Gasteiger partial charge >= 0.3 is 0 Å². The van der Waals surface area contributed by atoms with Crippen LogP contribution in [0.5, 0.6) is 11.5 Å². The summed E-state index contributed by atoms with van der Waals surface area (Å²) in [6.07, 6.45) is 3.20. The number of anilines is 1.